The Morgan fingerprint density at radius 3 is 2.68 bits per heavy atom. The molecule has 0 radical (unpaired) electrons. The van der Waals surface area contributed by atoms with Crippen molar-refractivity contribution in [2.24, 2.45) is 0 Å². The fourth-order valence-corrected chi connectivity index (χ4v) is 2.12. The fourth-order valence-electron chi connectivity index (χ4n) is 2.12. The third-order valence-corrected chi connectivity index (χ3v) is 3.04. The first-order valence-electron chi connectivity index (χ1n) is 6.46. The normalized spacial score (nSPS) is 10.6. The molecule has 0 amide bonds. The molecule has 0 unspecified atom stereocenters. The summed E-state index contributed by atoms with van der Waals surface area (Å²) in [5.74, 6) is 0. The summed E-state index contributed by atoms with van der Waals surface area (Å²) in [7, 11) is 2.10. The first kappa shape index (κ1) is 13.3. The molecule has 0 saturated carbocycles. The molecule has 0 saturated heterocycles. The Labute approximate surface area is 113 Å². The third kappa shape index (κ3) is 3.21. The Morgan fingerprint density at radius 1 is 1.32 bits per heavy atom. The van der Waals surface area contributed by atoms with Crippen molar-refractivity contribution in [2.75, 3.05) is 13.6 Å². The number of benzene rings is 1. The van der Waals surface area contributed by atoms with Gasteiger partial charge in [-0.05, 0) is 32.1 Å². The molecule has 0 bridgehead atoms. The summed E-state index contributed by atoms with van der Waals surface area (Å²) in [6, 6.07) is 9.66. The van der Waals surface area contributed by atoms with Crippen LogP contribution in [0.3, 0.4) is 0 Å². The van der Waals surface area contributed by atoms with Crippen molar-refractivity contribution < 1.29 is 0 Å². The summed E-state index contributed by atoms with van der Waals surface area (Å²) in [6.45, 7) is 4.08. The van der Waals surface area contributed by atoms with Gasteiger partial charge in [-0.2, -0.15) is 5.26 Å². The van der Waals surface area contributed by atoms with Gasteiger partial charge in [0.1, 0.15) is 0 Å². The number of imidazole rings is 1. The summed E-state index contributed by atoms with van der Waals surface area (Å²) in [5.41, 5.74) is 3.79. The Balaban J connectivity index is 2.21. The molecule has 2 rings (SSSR count). The lowest BCUT2D eigenvalue weighted by Crippen LogP contribution is -2.19. The third-order valence-electron chi connectivity index (χ3n) is 3.04. The maximum Gasteiger partial charge on any atom is 0.0991 e. The molecule has 1 aromatic carbocycles. The molecule has 0 aliphatic rings. The SMILES string of the molecule is CCCN(C)Cc1[nH]cnc1-c1ccc(C#N)cc1. The van der Waals surface area contributed by atoms with E-state index in [1.807, 2.05) is 24.3 Å². The van der Waals surface area contributed by atoms with Crippen molar-refractivity contribution in [2.45, 2.75) is 19.9 Å². The molecule has 1 heterocycles. The summed E-state index contributed by atoms with van der Waals surface area (Å²) in [6.07, 6.45) is 2.86. The molecule has 0 spiro atoms. The number of hydrogen-bond donors (Lipinski definition) is 1. The van der Waals surface area contributed by atoms with Crippen molar-refractivity contribution in [3.05, 3.63) is 41.9 Å². The fraction of sp³-hybridized carbons (Fsp3) is 0.333. The van der Waals surface area contributed by atoms with Gasteiger partial charge in [0.2, 0.25) is 0 Å². The molecule has 2 aromatic rings. The van der Waals surface area contributed by atoms with Crippen LogP contribution in [0.15, 0.2) is 30.6 Å². The van der Waals surface area contributed by atoms with Gasteiger partial charge in [-0.3, -0.25) is 0 Å². The van der Waals surface area contributed by atoms with E-state index in [-0.39, 0.29) is 0 Å². The van der Waals surface area contributed by atoms with Crippen molar-refractivity contribution in [3.8, 4) is 17.3 Å². The second-order valence-corrected chi connectivity index (χ2v) is 4.66. The zero-order chi connectivity index (χ0) is 13.7. The van der Waals surface area contributed by atoms with Crippen LogP contribution in [-0.4, -0.2) is 28.5 Å². The number of aromatic amines is 1. The van der Waals surface area contributed by atoms with Gasteiger partial charge in [0, 0.05) is 12.1 Å². The Bertz CT molecular complexity index is 563. The van der Waals surface area contributed by atoms with E-state index in [1.165, 1.54) is 0 Å². The maximum absolute atomic E-state index is 8.81. The van der Waals surface area contributed by atoms with E-state index in [2.05, 4.69) is 34.9 Å². The molecule has 0 fully saturated rings. The Kier molecular flexibility index (Phi) is 4.32. The summed E-state index contributed by atoms with van der Waals surface area (Å²) in [4.78, 5) is 9.86. The van der Waals surface area contributed by atoms with Gasteiger partial charge in [0.05, 0.1) is 29.3 Å². The van der Waals surface area contributed by atoms with Gasteiger partial charge in [-0.25, -0.2) is 4.98 Å². The molecule has 0 aliphatic heterocycles. The standard InChI is InChI=1S/C15H18N4/c1-3-8-19(2)10-14-15(18-11-17-14)13-6-4-12(9-16)5-7-13/h4-7,11H,3,8,10H2,1-2H3,(H,17,18). The van der Waals surface area contributed by atoms with Crippen LogP contribution in [0.5, 0.6) is 0 Å². The summed E-state index contributed by atoms with van der Waals surface area (Å²) < 4.78 is 0. The minimum atomic E-state index is 0.670. The molecular weight excluding hydrogens is 236 g/mol. The van der Waals surface area contributed by atoms with Crippen LogP contribution in [0.1, 0.15) is 24.6 Å². The molecular formula is C15H18N4. The Morgan fingerprint density at radius 2 is 2.05 bits per heavy atom. The topological polar surface area (TPSA) is 55.7 Å². The largest absolute Gasteiger partial charge is 0.347 e. The molecule has 1 aromatic heterocycles. The van der Waals surface area contributed by atoms with Crippen molar-refractivity contribution in [1.82, 2.24) is 14.9 Å². The van der Waals surface area contributed by atoms with E-state index >= 15 is 0 Å². The second-order valence-electron chi connectivity index (χ2n) is 4.66. The van der Waals surface area contributed by atoms with Gasteiger partial charge in [0.15, 0.2) is 0 Å². The second kappa shape index (κ2) is 6.17. The molecule has 0 aliphatic carbocycles. The van der Waals surface area contributed by atoms with Crippen LogP contribution in [0.2, 0.25) is 0 Å². The quantitative estimate of drug-likeness (QED) is 0.892. The summed E-state index contributed by atoms with van der Waals surface area (Å²) >= 11 is 0. The average Bonchev–Trinajstić information content (AvgIpc) is 2.87. The van der Waals surface area contributed by atoms with Crippen LogP contribution in [0, 0.1) is 11.3 Å². The van der Waals surface area contributed by atoms with Crippen molar-refractivity contribution >= 4 is 0 Å². The van der Waals surface area contributed by atoms with Crippen LogP contribution in [0.25, 0.3) is 11.3 Å². The Hall–Kier alpha value is -2.12. The number of H-pyrrole nitrogens is 1. The zero-order valence-electron chi connectivity index (χ0n) is 11.3. The molecule has 4 nitrogen and oxygen atoms in total. The minimum Gasteiger partial charge on any atom is -0.347 e. The highest BCUT2D eigenvalue weighted by atomic mass is 15.1. The lowest BCUT2D eigenvalue weighted by molar-refractivity contribution is 0.324. The smallest absolute Gasteiger partial charge is 0.0991 e. The molecule has 98 valence electrons. The highest BCUT2D eigenvalue weighted by Crippen LogP contribution is 2.21. The predicted octanol–water partition coefficient (Wildman–Crippen LogP) is 2.79. The lowest BCUT2D eigenvalue weighted by Gasteiger charge is -2.15. The van der Waals surface area contributed by atoms with Gasteiger partial charge < -0.3 is 9.88 Å². The van der Waals surface area contributed by atoms with E-state index in [9.17, 15) is 0 Å². The van der Waals surface area contributed by atoms with E-state index in [1.54, 1.807) is 6.33 Å². The molecule has 4 heteroatoms. The minimum absolute atomic E-state index is 0.670. The van der Waals surface area contributed by atoms with E-state index < -0.39 is 0 Å². The van der Waals surface area contributed by atoms with Crippen molar-refractivity contribution in [3.63, 3.8) is 0 Å². The molecule has 19 heavy (non-hydrogen) atoms. The number of nitriles is 1. The highest BCUT2D eigenvalue weighted by Gasteiger charge is 2.10. The first-order chi connectivity index (χ1) is 9.24. The van der Waals surface area contributed by atoms with Gasteiger partial charge in [-0.1, -0.05) is 19.1 Å². The van der Waals surface area contributed by atoms with Gasteiger partial charge in [-0.15, -0.1) is 0 Å². The number of rotatable bonds is 5. The number of nitrogens with zero attached hydrogens (tertiary/aromatic N) is 3. The number of hydrogen-bond acceptors (Lipinski definition) is 3. The number of aromatic nitrogens is 2. The van der Waals surface area contributed by atoms with Crippen LogP contribution in [-0.2, 0) is 6.54 Å². The van der Waals surface area contributed by atoms with Crippen molar-refractivity contribution in [1.29, 1.82) is 5.26 Å². The van der Waals surface area contributed by atoms with E-state index in [0.717, 1.165) is 36.5 Å². The predicted molar refractivity (Wildman–Crippen MR) is 75.4 cm³/mol. The van der Waals surface area contributed by atoms with E-state index in [0.29, 0.717) is 5.56 Å². The van der Waals surface area contributed by atoms with Crippen LogP contribution < -0.4 is 0 Å². The zero-order valence-corrected chi connectivity index (χ0v) is 11.3. The highest BCUT2D eigenvalue weighted by molar-refractivity contribution is 5.62. The average molecular weight is 254 g/mol. The van der Waals surface area contributed by atoms with E-state index in [4.69, 9.17) is 5.26 Å². The first-order valence-corrected chi connectivity index (χ1v) is 6.46. The lowest BCUT2D eigenvalue weighted by atomic mass is 10.1. The van der Waals surface area contributed by atoms with Crippen LogP contribution in [0.4, 0.5) is 0 Å². The molecule has 0 atom stereocenters. The summed E-state index contributed by atoms with van der Waals surface area (Å²) in [5, 5.41) is 8.81. The van der Waals surface area contributed by atoms with Gasteiger partial charge >= 0.3 is 0 Å². The number of nitrogens with one attached hydrogen (secondary N) is 1. The maximum atomic E-state index is 8.81. The molecule has 1 N–H and O–H groups in total. The van der Waals surface area contributed by atoms with Crippen LogP contribution >= 0.6 is 0 Å². The monoisotopic (exact) mass is 254 g/mol. The van der Waals surface area contributed by atoms with Gasteiger partial charge in [0.25, 0.3) is 0 Å².